The molecule has 1 heterocycles. The standard InChI is InChI=1S/C14H15N3O4S2/c1-10(22-13-7-2-3-8-17(13)19)14(18)16-11-5-4-6-12(9-11)23(15,20)21/h2-10H,1H3,(H,16,18)(H2,15,20,21). The van der Waals surface area contributed by atoms with Crippen LogP contribution in [0.15, 0.2) is 58.6 Å². The molecule has 1 unspecified atom stereocenters. The van der Waals surface area contributed by atoms with E-state index in [0.29, 0.717) is 15.4 Å². The van der Waals surface area contributed by atoms with Crippen LogP contribution in [0.4, 0.5) is 5.69 Å². The van der Waals surface area contributed by atoms with Gasteiger partial charge in [0.2, 0.25) is 15.9 Å². The topological polar surface area (TPSA) is 116 Å². The van der Waals surface area contributed by atoms with Gasteiger partial charge >= 0.3 is 0 Å². The maximum Gasteiger partial charge on any atom is 0.252 e. The third kappa shape index (κ3) is 4.68. The van der Waals surface area contributed by atoms with E-state index in [-0.39, 0.29) is 10.8 Å². The lowest BCUT2D eigenvalue weighted by Gasteiger charge is -2.12. The fraction of sp³-hybridized carbons (Fsp3) is 0.143. The summed E-state index contributed by atoms with van der Waals surface area (Å²) in [6.45, 7) is 1.65. The van der Waals surface area contributed by atoms with Crippen molar-refractivity contribution in [2.75, 3.05) is 5.32 Å². The first-order valence-corrected chi connectivity index (χ1v) is 8.98. The van der Waals surface area contributed by atoms with Gasteiger partial charge in [0.15, 0.2) is 6.20 Å². The lowest BCUT2D eigenvalue weighted by Crippen LogP contribution is -2.30. The molecule has 23 heavy (non-hydrogen) atoms. The first-order valence-electron chi connectivity index (χ1n) is 6.56. The van der Waals surface area contributed by atoms with E-state index in [1.807, 2.05) is 0 Å². The SMILES string of the molecule is CC(Sc1cccc[n+]1[O-])C(=O)Nc1cccc(S(N)(=O)=O)c1. The van der Waals surface area contributed by atoms with Gasteiger partial charge in [-0.1, -0.05) is 6.07 Å². The highest BCUT2D eigenvalue weighted by molar-refractivity contribution is 8.00. The molecular weight excluding hydrogens is 338 g/mol. The molecule has 0 fully saturated rings. The number of anilines is 1. The van der Waals surface area contributed by atoms with Crippen molar-refractivity contribution >= 4 is 33.4 Å². The normalized spacial score (nSPS) is 12.6. The Kier molecular flexibility index (Phi) is 5.24. The largest absolute Gasteiger partial charge is 0.618 e. The minimum atomic E-state index is -3.84. The highest BCUT2D eigenvalue weighted by Crippen LogP contribution is 2.21. The monoisotopic (exact) mass is 353 g/mol. The average Bonchev–Trinajstić information content (AvgIpc) is 2.49. The second-order valence-corrected chi connectivity index (χ2v) is 7.61. The molecule has 0 saturated heterocycles. The quantitative estimate of drug-likeness (QED) is 0.474. The molecule has 0 aliphatic rings. The molecule has 1 aromatic carbocycles. The molecule has 0 radical (unpaired) electrons. The van der Waals surface area contributed by atoms with Crippen LogP contribution < -0.4 is 15.2 Å². The molecule has 2 rings (SSSR count). The van der Waals surface area contributed by atoms with Gasteiger partial charge in [-0.05, 0) is 43.0 Å². The molecule has 2 aromatic rings. The van der Waals surface area contributed by atoms with Gasteiger partial charge in [-0.2, -0.15) is 4.73 Å². The summed E-state index contributed by atoms with van der Waals surface area (Å²) in [4.78, 5) is 12.1. The molecule has 122 valence electrons. The average molecular weight is 353 g/mol. The third-order valence-electron chi connectivity index (χ3n) is 2.89. The van der Waals surface area contributed by atoms with Crippen LogP contribution in [0, 0.1) is 5.21 Å². The number of carbonyl (C=O) groups is 1. The summed E-state index contributed by atoms with van der Waals surface area (Å²) in [6.07, 6.45) is 1.35. The van der Waals surface area contributed by atoms with Crippen molar-refractivity contribution in [3.05, 3.63) is 53.9 Å². The Morgan fingerprint density at radius 2 is 2.04 bits per heavy atom. The van der Waals surface area contributed by atoms with Gasteiger partial charge in [0.25, 0.3) is 5.03 Å². The molecule has 0 spiro atoms. The minimum absolute atomic E-state index is 0.0870. The van der Waals surface area contributed by atoms with Gasteiger partial charge in [-0.3, -0.25) is 4.79 Å². The summed E-state index contributed by atoms with van der Waals surface area (Å²) in [5.41, 5.74) is 0.317. The molecule has 1 amide bonds. The highest BCUT2D eigenvalue weighted by atomic mass is 32.2. The summed E-state index contributed by atoms with van der Waals surface area (Å²) >= 11 is 1.10. The first-order chi connectivity index (χ1) is 10.8. The van der Waals surface area contributed by atoms with E-state index in [9.17, 15) is 18.4 Å². The van der Waals surface area contributed by atoms with Crippen LogP contribution in [0.25, 0.3) is 0 Å². The number of carbonyl (C=O) groups excluding carboxylic acids is 1. The maximum atomic E-state index is 12.2. The van der Waals surface area contributed by atoms with E-state index in [4.69, 9.17) is 5.14 Å². The van der Waals surface area contributed by atoms with E-state index >= 15 is 0 Å². The number of nitrogens with one attached hydrogen (secondary N) is 1. The summed E-state index contributed by atoms with van der Waals surface area (Å²) in [5, 5.41) is 19.1. The van der Waals surface area contributed by atoms with E-state index in [0.717, 1.165) is 11.8 Å². The van der Waals surface area contributed by atoms with Gasteiger partial charge < -0.3 is 10.5 Å². The second-order valence-electron chi connectivity index (χ2n) is 4.69. The van der Waals surface area contributed by atoms with Crippen LogP contribution in [-0.4, -0.2) is 19.6 Å². The summed E-state index contributed by atoms with van der Waals surface area (Å²) in [6, 6.07) is 10.6. The number of hydrogen-bond acceptors (Lipinski definition) is 5. The maximum absolute atomic E-state index is 12.2. The molecule has 1 atom stereocenters. The fourth-order valence-corrected chi connectivity index (χ4v) is 3.14. The zero-order valence-electron chi connectivity index (χ0n) is 12.2. The summed E-state index contributed by atoms with van der Waals surface area (Å²) < 4.78 is 23.3. The zero-order chi connectivity index (χ0) is 17.0. The molecule has 9 heteroatoms. The number of nitrogens with zero attached hydrogens (tertiary/aromatic N) is 1. The molecule has 0 saturated carbocycles. The number of primary sulfonamides is 1. The Balaban J connectivity index is 2.08. The van der Waals surface area contributed by atoms with Crippen molar-refractivity contribution in [2.24, 2.45) is 5.14 Å². The van der Waals surface area contributed by atoms with Gasteiger partial charge in [-0.25, -0.2) is 13.6 Å². The van der Waals surface area contributed by atoms with E-state index in [2.05, 4.69) is 5.32 Å². The predicted octanol–water partition coefficient (Wildman–Crippen LogP) is 1.09. The van der Waals surface area contributed by atoms with Gasteiger partial charge in [0.1, 0.15) is 0 Å². The van der Waals surface area contributed by atoms with Crippen molar-refractivity contribution in [1.29, 1.82) is 0 Å². The molecule has 0 aliphatic heterocycles. The smallest absolute Gasteiger partial charge is 0.252 e. The highest BCUT2D eigenvalue weighted by Gasteiger charge is 2.19. The lowest BCUT2D eigenvalue weighted by molar-refractivity contribution is -0.645. The Morgan fingerprint density at radius 3 is 2.70 bits per heavy atom. The van der Waals surface area contributed by atoms with Crippen LogP contribution in [-0.2, 0) is 14.8 Å². The zero-order valence-corrected chi connectivity index (χ0v) is 13.8. The van der Waals surface area contributed by atoms with Gasteiger partial charge in [0.05, 0.1) is 10.1 Å². The van der Waals surface area contributed by atoms with Crippen molar-refractivity contribution in [3.8, 4) is 0 Å². The van der Waals surface area contributed by atoms with Crippen molar-refractivity contribution in [1.82, 2.24) is 0 Å². The van der Waals surface area contributed by atoms with Crippen molar-refractivity contribution in [3.63, 3.8) is 0 Å². The number of rotatable bonds is 5. The number of amides is 1. The lowest BCUT2D eigenvalue weighted by atomic mass is 10.3. The Bertz CT molecular complexity index is 824. The van der Waals surface area contributed by atoms with Crippen LogP contribution in [0.5, 0.6) is 0 Å². The van der Waals surface area contributed by atoms with E-state index in [1.165, 1.54) is 24.4 Å². The number of sulfonamides is 1. The summed E-state index contributed by atoms with van der Waals surface area (Å²) in [5.74, 6) is -0.356. The second kappa shape index (κ2) is 6.99. The van der Waals surface area contributed by atoms with Gasteiger partial charge in [0, 0.05) is 17.8 Å². The molecule has 0 aliphatic carbocycles. The number of aromatic nitrogens is 1. The van der Waals surface area contributed by atoms with E-state index in [1.54, 1.807) is 31.2 Å². The molecule has 3 N–H and O–H groups in total. The van der Waals surface area contributed by atoms with Crippen LogP contribution in [0.1, 0.15) is 6.92 Å². The Morgan fingerprint density at radius 1 is 1.30 bits per heavy atom. The fourth-order valence-electron chi connectivity index (χ4n) is 1.73. The van der Waals surface area contributed by atoms with Crippen LogP contribution in [0.2, 0.25) is 0 Å². The summed E-state index contributed by atoms with van der Waals surface area (Å²) in [7, 11) is -3.84. The molecule has 7 nitrogen and oxygen atoms in total. The number of benzene rings is 1. The van der Waals surface area contributed by atoms with E-state index < -0.39 is 15.3 Å². The molecular formula is C14H15N3O4S2. The van der Waals surface area contributed by atoms with Crippen molar-refractivity contribution < 1.29 is 17.9 Å². The van der Waals surface area contributed by atoms with Crippen LogP contribution >= 0.6 is 11.8 Å². The number of pyridine rings is 1. The van der Waals surface area contributed by atoms with Crippen LogP contribution in [0.3, 0.4) is 0 Å². The van der Waals surface area contributed by atoms with Gasteiger partial charge in [-0.15, -0.1) is 0 Å². The first kappa shape index (κ1) is 17.3. The Labute approximate surface area is 138 Å². The number of nitrogens with two attached hydrogens (primary N) is 1. The molecule has 1 aromatic heterocycles. The third-order valence-corrected chi connectivity index (χ3v) is 4.92. The predicted molar refractivity (Wildman–Crippen MR) is 87.2 cm³/mol. The van der Waals surface area contributed by atoms with Crippen molar-refractivity contribution in [2.45, 2.75) is 22.1 Å². The number of thioether (sulfide) groups is 1. The molecule has 0 bridgehead atoms. The minimum Gasteiger partial charge on any atom is -0.618 e. The number of hydrogen-bond donors (Lipinski definition) is 2. The Hall–Kier alpha value is -2.10.